The lowest BCUT2D eigenvalue weighted by Gasteiger charge is -2.35. The average molecular weight is 353 g/mol. The first-order chi connectivity index (χ1) is 12.7. The molecule has 0 N–H and O–H groups in total. The summed E-state index contributed by atoms with van der Waals surface area (Å²) in [6.45, 7) is 3.46. The van der Waals surface area contributed by atoms with Gasteiger partial charge in [-0.05, 0) is 29.8 Å². The van der Waals surface area contributed by atoms with Crippen LogP contribution in [0.4, 0.5) is 5.69 Å². The zero-order valence-electron chi connectivity index (χ0n) is 15.1. The van der Waals surface area contributed by atoms with E-state index in [4.69, 9.17) is 9.47 Å². The number of hydrogen-bond acceptors (Lipinski definition) is 6. The minimum Gasteiger partial charge on any atom is -0.495 e. The van der Waals surface area contributed by atoms with Crippen molar-refractivity contribution in [3.63, 3.8) is 0 Å². The first kappa shape index (κ1) is 17.8. The SMILES string of the molecule is COC(=O)c1ccc(C=NN2CCN(c3ccccc3OC)CC2)cc1. The normalized spacial score (nSPS) is 14.5. The van der Waals surface area contributed by atoms with Crippen LogP contribution in [-0.4, -0.2) is 57.6 Å². The van der Waals surface area contributed by atoms with Gasteiger partial charge < -0.3 is 14.4 Å². The van der Waals surface area contributed by atoms with Gasteiger partial charge in [-0.25, -0.2) is 4.79 Å². The number of ether oxygens (including phenoxy) is 2. The molecule has 1 saturated heterocycles. The topological polar surface area (TPSA) is 54.4 Å². The van der Waals surface area contributed by atoms with E-state index >= 15 is 0 Å². The molecule has 1 heterocycles. The molecular weight excluding hydrogens is 330 g/mol. The molecule has 0 saturated carbocycles. The highest BCUT2D eigenvalue weighted by Crippen LogP contribution is 2.28. The Morgan fingerprint density at radius 2 is 1.69 bits per heavy atom. The molecule has 136 valence electrons. The number of carbonyl (C=O) groups excluding carboxylic acids is 1. The van der Waals surface area contributed by atoms with Crippen molar-refractivity contribution in [3.8, 4) is 5.75 Å². The van der Waals surface area contributed by atoms with Gasteiger partial charge in [-0.1, -0.05) is 24.3 Å². The molecule has 1 aliphatic rings. The van der Waals surface area contributed by atoms with Crippen LogP contribution in [0.2, 0.25) is 0 Å². The maximum absolute atomic E-state index is 11.4. The van der Waals surface area contributed by atoms with E-state index in [0.29, 0.717) is 5.56 Å². The number of nitrogens with zero attached hydrogens (tertiary/aromatic N) is 3. The Hall–Kier alpha value is -3.02. The summed E-state index contributed by atoms with van der Waals surface area (Å²) in [5, 5.41) is 6.61. The fourth-order valence-electron chi connectivity index (χ4n) is 2.91. The van der Waals surface area contributed by atoms with Crippen molar-refractivity contribution in [1.29, 1.82) is 0 Å². The number of benzene rings is 2. The van der Waals surface area contributed by atoms with E-state index in [1.807, 2.05) is 36.5 Å². The van der Waals surface area contributed by atoms with E-state index in [2.05, 4.69) is 21.1 Å². The van der Waals surface area contributed by atoms with Crippen molar-refractivity contribution in [2.45, 2.75) is 0 Å². The maximum atomic E-state index is 11.4. The molecule has 0 spiro atoms. The van der Waals surface area contributed by atoms with Crippen molar-refractivity contribution in [1.82, 2.24) is 5.01 Å². The summed E-state index contributed by atoms with van der Waals surface area (Å²) < 4.78 is 10.1. The molecule has 1 aliphatic heterocycles. The van der Waals surface area contributed by atoms with Gasteiger partial charge in [-0.3, -0.25) is 5.01 Å². The van der Waals surface area contributed by atoms with Gasteiger partial charge in [0, 0.05) is 13.1 Å². The lowest BCUT2D eigenvalue weighted by molar-refractivity contribution is 0.0600. The smallest absolute Gasteiger partial charge is 0.337 e. The molecule has 0 aromatic heterocycles. The number of methoxy groups -OCH3 is 2. The Balaban J connectivity index is 1.57. The summed E-state index contributed by atoms with van der Waals surface area (Å²) in [6.07, 6.45) is 1.82. The van der Waals surface area contributed by atoms with Crippen LogP contribution in [0, 0.1) is 0 Å². The van der Waals surface area contributed by atoms with Crippen LogP contribution >= 0.6 is 0 Å². The number of piperazine rings is 1. The van der Waals surface area contributed by atoms with E-state index in [1.165, 1.54) is 7.11 Å². The first-order valence-corrected chi connectivity index (χ1v) is 8.56. The van der Waals surface area contributed by atoms with E-state index in [-0.39, 0.29) is 5.97 Å². The Bertz CT molecular complexity index is 766. The highest BCUT2D eigenvalue weighted by Gasteiger charge is 2.18. The third kappa shape index (κ3) is 4.14. The molecule has 2 aromatic carbocycles. The first-order valence-electron chi connectivity index (χ1n) is 8.56. The lowest BCUT2D eigenvalue weighted by Crippen LogP contribution is -2.44. The van der Waals surface area contributed by atoms with Gasteiger partial charge in [0.05, 0.1) is 44.8 Å². The Labute approximate surface area is 153 Å². The Kier molecular flexibility index (Phi) is 5.73. The number of anilines is 1. The summed E-state index contributed by atoms with van der Waals surface area (Å²) in [5.74, 6) is 0.566. The monoisotopic (exact) mass is 353 g/mol. The summed E-state index contributed by atoms with van der Waals surface area (Å²) in [6, 6.07) is 15.3. The quantitative estimate of drug-likeness (QED) is 0.611. The van der Waals surface area contributed by atoms with Gasteiger partial charge in [0.2, 0.25) is 0 Å². The summed E-state index contributed by atoms with van der Waals surface area (Å²) in [4.78, 5) is 13.8. The van der Waals surface area contributed by atoms with Gasteiger partial charge in [0.25, 0.3) is 0 Å². The molecule has 0 bridgehead atoms. The highest BCUT2D eigenvalue weighted by atomic mass is 16.5. The Morgan fingerprint density at radius 3 is 2.35 bits per heavy atom. The van der Waals surface area contributed by atoms with Crippen LogP contribution in [-0.2, 0) is 4.74 Å². The second kappa shape index (κ2) is 8.38. The summed E-state index contributed by atoms with van der Waals surface area (Å²) in [7, 11) is 3.08. The van der Waals surface area contributed by atoms with Crippen molar-refractivity contribution < 1.29 is 14.3 Å². The van der Waals surface area contributed by atoms with Gasteiger partial charge in [0.15, 0.2) is 0 Å². The second-order valence-electron chi connectivity index (χ2n) is 5.97. The Morgan fingerprint density at radius 1 is 1.00 bits per heavy atom. The van der Waals surface area contributed by atoms with Crippen molar-refractivity contribution in [2.75, 3.05) is 45.3 Å². The average Bonchev–Trinajstić information content (AvgIpc) is 2.72. The van der Waals surface area contributed by atoms with Gasteiger partial charge in [-0.15, -0.1) is 0 Å². The zero-order chi connectivity index (χ0) is 18.4. The van der Waals surface area contributed by atoms with Crippen LogP contribution in [0.1, 0.15) is 15.9 Å². The predicted octanol–water partition coefficient (Wildman–Crippen LogP) is 2.64. The predicted molar refractivity (Wildman–Crippen MR) is 102 cm³/mol. The molecule has 26 heavy (non-hydrogen) atoms. The van der Waals surface area contributed by atoms with Crippen molar-refractivity contribution in [2.24, 2.45) is 5.10 Å². The molecular formula is C20H23N3O3. The van der Waals surface area contributed by atoms with Crippen molar-refractivity contribution in [3.05, 3.63) is 59.7 Å². The highest BCUT2D eigenvalue weighted by molar-refractivity contribution is 5.90. The molecule has 1 fully saturated rings. The molecule has 6 nitrogen and oxygen atoms in total. The molecule has 0 amide bonds. The minimum absolute atomic E-state index is 0.332. The standard InChI is InChI=1S/C20H23N3O3/c1-25-19-6-4-3-5-18(19)22-11-13-23(14-12-22)21-15-16-7-9-17(10-8-16)20(24)26-2/h3-10,15H,11-14H2,1-2H3. The molecule has 2 aromatic rings. The summed E-state index contributed by atoms with van der Waals surface area (Å²) >= 11 is 0. The second-order valence-corrected chi connectivity index (χ2v) is 5.97. The van der Waals surface area contributed by atoms with Crippen LogP contribution in [0.3, 0.4) is 0 Å². The lowest BCUT2D eigenvalue weighted by atomic mass is 10.1. The fourth-order valence-corrected chi connectivity index (χ4v) is 2.91. The minimum atomic E-state index is -0.332. The van der Waals surface area contributed by atoms with Crippen LogP contribution < -0.4 is 9.64 Å². The number of hydrazone groups is 1. The van der Waals surface area contributed by atoms with Crippen LogP contribution in [0.25, 0.3) is 0 Å². The molecule has 6 heteroatoms. The molecule has 0 unspecified atom stereocenters. The van der Waals surface area contributed by atoms with Gasteiger partial charge >= 0.3 is 5.97 Å². The number of rotatable bonds is 5. The molecule has 0 aliphatic carbocycles. The van der Waals surface area contributed by atoms with E-state index in [1.54, 1.807) is 19.2 Å². The van der Waals surface area contributed by atoms with E-state index in [0.717, 1.165) is 43.2 Å². The van der Waals surface area contributed by atoms with E-state index in [9.17, 15) is 4.79 Å². The van der Waals surface area contributed by atoms with Crippen LogP contribution in [0.15, 0.2) is 53.6 Å². The van der Waals surface area contributed by atoms with Gasteiger partial charge in [-0.2, -0.15) is 5.10 Å². The molecule has 0 radical (unpaired) electrons. The summed E-state index contributed by atoms with van der Waals surface area (Å²) in [5.41, 5.74) is 2.61. The zero-order valence-corrected chi connectivity index (χ0v) is 15.1. The third-order valence-electron chi connectivity index (χ3n) is 4.38. The van der Waals surface area contributed by atoms with Gasteiger partial charge in [0.1, 0.15) is 5.75 Å². The number of esters is 1. The molecule has 3 rings (SSSR count). The fraction of sp³-hybridized carbons (Fsp3) is 0.300. The maximum Gasteiger partial charge on any atom is 0.337 e. The number of carbonyl (C=O) groups is 1. The number of hydrogen-bond donors (Lipinski definition) is 0. The largest absolute Gasteiger partial charge is 0.495 e. The van der Waals surface area contributed by atoms with E-state index < -0.39 is 0 Å². The third-order valence-corrected chi connectivity index (χ3v) is 4.38. The van der Waals surface area contributed by atoms with Crippen molar-refractivity contribution >= 4 is 17.9 Å². The number of para-hydroxylation sites is 2. The molecule has 0 atom stereocenters. The van der Waals surface area contributed by atoms with Crippen LogP contribution in [0.5, 0.6) is 5.75 Å².